The topological polar surface area (TPSA) is 113 Å². The number of esters is 1. The lowest BCUT2D eigenvalue weighted by Gasteiger charge is -2.65. The minimum Gasteiger partial charge on any atom is -0.481 e. The number of fused-ring (bicyclic) bond motifs is 2. The molecule has 244 valence electrons. The summed E-state index contributed by atoms with van der Waals surface area (Å²) in [5.74, 6) is -5.27. The van der Waals surface area contributed by atoms with Crippen molar-refractivity contribution in [2.75, 3.05) is 0 Å². The maximum atomic E-state index is 15.6. The van der Waals surface area contributed by atoms with E-state index in [1.165, 1.54) is 0 Å². The molecule has 2 spiro atoms. The van der Waals surface area contributed by atoms with E-state index >= 15 is 8.78 Å². The Balaban J connectivity index is 1.38. The molecular formula is C34H52F2O7. The first-order chi connectivity index (χ1) is 19.6. The molecule has 7 nitrogen and oxygen atoms in total. The van der Waals surface area contributed by atoms with E-state index in [0.717, 1.165) is 25.7 Å². The van der Waals surface area contributed by atoms with Gasteiger partial charge in [-0.25, -0.2) is 8.78 Å². The van der Waals surface area contributed by atoms with Crippen LogP contribution in [-0.2, 0) is 19.1 Å². The molecule has 0 aromatic carbocycles. The van der Waals surface area contributed by atoms with E-state index in [2.05, 4.69) is 20.8 Å². The lowest BCUT2D eigenvalue weighted by atomic mass is 9.41. The minimum atomic E-state index is -2.90. The fraction of sp³-hybridized carbons (Fsp3) is 0.941. The summed E-state index contributed by atoms with van der Waals surface area (Å²) in [4.78, 5) is 24.2. The third-order valence-corrected chi connectivity index (χ3v) is 14.7. The van der Waals surface area contributed by atoms with Gasteiger partial charge in [-0.15, -0.1) is 0 Å². The van der Waals surface area contributed by atoms with Crippen LogP contribution in [0.5, 0.6) is 0 Å². The van der Waals surface area contributed by atoms with Gasteiger partial charge in [-0.2, -0.15) is 0 Å². The van der Waals surface area contributed by atoms with Gasteiger partial charge in [0.15, 0.2) is 0 Å². The molecule has 0 aromatic heterocycles. The Labute approximate surface area is 254 Å². The van der Waals surface area contributed by atoms with Crippen molar-refractivity contribution in [1.82, 2.24) is 0 Å². The van der Waals surface area contributed by atoms with Crippen molar-refractivity contribution in [3.05, 3.63) is 0 Å². The molecule has 1 heterocycles. The van der Waals surface area contributed by atoms with Crippen LogP contribution in [0.2, 0.25) is 0 Å². The predicted molar refractivity (Wildman–Crippen MR) is 154 cm³/mol. The van der Waals surface area contributed by atoms with Crippen molar-refractivity contribution in [3.63, 3.8) is 0 Å². The largest absolute Gasteiger partial charge is 0.481 e. The second-order valence-electron chi connectivity index (χ2n) is 17.3. The van der Waals surface area contributed by atoms with Crippen LogP contribution in [-0.4, -0.2) is 62.7 Å². The molecule has 5 aliphatic carbocycles. The summed E-state index contributed by atoms with van der Waals surface area (Å²) in [6.45, 7) is 13.4. The highest BCUT2D eigenvalue weighted by Gasteiger charge is 2.86. The summed E-state index contributed by atoms with van der Waals surface area (Å²) in [6, 6.07) is 0. The summed E-state index contributed by atoms with van der Waals surface area (Å²) in [7, 11) is 0. The third kappa shape index (κ3) is 4.04. The van der Waals surface area contributed by atoms with E-state index < -0.39 is 52.6 Å². The summed E-state index contributed by atoms with van der Waals surface area (Å²) in [6.07, 6.45) is 2.92. The number of carboxylic acids is 1. The Hall–Kier alpha value is -1.32. The highest BCUT2D eigenvalue weighted by molar-refractivity contribution is 5.76. The van der Waals surface area contributed by atoms with E-state index in [-0.39, 0.29) is 58.9 Å². The normalized spacial score (nSPS) is 51.0. The Morgan fingerprint density at radius 1 is 0.930 bits per heavy atom. The van der Waals surface area contributed by atoms with Gasteiger partial charge in [0.25, 0.3) is 5.92 Å². The lowest BCUT2D eigenvalue weighted by Crippen LogP contribution is -2.64. The van der Waals surface area contributed by atoms with Gasteiger partial charge in [-0.3, -0.25) is 9.59 Å². The molecule has 3 N–H and O–H groups in total. The number of alkyl halides is 2. The quantitative estimate of drug-likeness (QED) is 0.310. The second-order valence-corrected chi connectivity index (χ2v) is 17.3. The number of aliphatic hydroxyl groups is 2. The van der Waals surface area contributed by atoms with E-state index in [9.17, 15) is 19.8 Å². The van der Waals surface area contributed by atoms with Crippen LogP contribution in [0.4, 0.5) is 8.78 Å². The summed E-state index contributed by atoms with van der Waals surface area (Å²) >= 11 is 0. The van der Waals surface area contributed by atoms with Crippen LogP contribution in [0, 0.1) is 44.8 Å². The number of carbonyl (C=O) groups is 2. The van der Waals surface area contributed by atoms with Gasteiger partial charge in [-0.05, 0) is 99.7 Å². The number of rotatable bonds is 6. The maximum absolute atomic E-state index is 15.6. The van der Waals surface area contributed by atoms with Gasteiger partial charge in [0.2, 0.25) is 0 Å². The molecule has 6 fully saturated rings. The molecule has 0 amide bonds. The van der Waals surface area contributed by atoms with Gasteiger partial charge in [0.05, 0.1) is 36.3 Å². The van der Waals surface area contributed by atoms with Crippen molar-refractivity contribution >= 4 is 11.9 Å². The Bertz CT molecular complexity index is 1200. The molecule has 0 bridgehead atoms. The number of ether oxygens (including phenoxy) is 2. The molecule has 1 aliphatic heterocycles. The van der Waals surface area contributed by atoms with Gasteiger partial charge in [0, 0.05) is 23.7 Å². The van der Waals surface area contributed by atoms with Crippen molar-refractivity contribution in [1.29, 1.82) is 0 Å². The third-order valence-electron chi connectivity index (χ3n) is 14.7. The van der Waals surface area contributed by atoms with Crippen molar-refractivity contribution < 1.29 is 43.2 Å². The highest BCUT2D eigenvalue weighted by atomic mass is 19.3. The molecule has 11 atom stereocenters. The molecule has 0 aromatic rings. The standard InChI is InChI=1S/C34H52F2O7/c1-27(2)26-20(42-24(40)9-8-23(38)39)16-21-30(6)17-19(37)25(31(7)11-10-22(43-31)28(3,4)41)29(30,5)12-13-32(21)18-33(26,32)14-15-34(27,35)36/h19-22,25-26,37,41H,8-18H2,1-7H3,(H,38,39)/t19-,20-,21-,22-,25-,26-,29+,30-,31-,32-,33+/m0/s1. The van der Waals surface area contributed by atoms with E-state index in [1.807, 2.05) is 0 Å². The van der Waals surface area contributed by atoms with Crippen LogP contribution in [0.15, 0.2) is 0 Å². The molecule has 0 unspecified atom stereocenters. The molecule has 6 aliphatic rings. The number of carboxylic acid groups (broad SMARTS) is 1. The Kier molecular flexibility index (Phi) is 6.73. The van der Waals surface area contributed by atoms with Crippen LogP contribution in [0.25, 0.3) is 0 Å². The smallest absolute Gasteiger partial charge is 0.306 e. The summed E-state index contributed by atoms with van der Waals surface area (Å²) in [5.41, 5.74) is -4.16. The van der Waals surface area contributed by atoms with Crippen molar-refractivity contribution in [3.8, 4) is 0 Å². The summed E-state index contributed by atoms with van der Waals surface area (Å²) in [5, 5.41) is 31.8. The van der Waals surface area contributed by atoms with Crippen LogP contribution in [0.3, 0.4) is 0 Å². The fourth-order valence-corrected chi connectivity index (χ4v) is 12.6. The maximum Gasteiger partial charge on any atom is 0.306 e. The Morgan fingerprint density at radius 2 is 1.58 bits per heavy atom. The number of hydrogen-bond acceptors (Lipinski definition) is 6. The number of aliphatic hydroxyl groups excluding tert-OH is 1. The highest BCUT2D eigenvalue weighted by Crippen LogP contribution is 2.90. The molecule has 1 saturated heterocycles. The monoisotopic (exact) mass is 610 g/mol. The Morgan fingerprint density at radius 3 is 2.19 bits per heavy atom. The number of aliphatic carboxylic acids is 1. The average molecular weight is 611 g/mol. The van der Waals surface area contributed by atoms with E-state index in [1.54, 1.807) is 27.7 Å². The first-order valence-electron chi connectivity index (χ1n) is 16.5. The van der Waals surface area contributed by atoms with Crippen LogP contribution in [0.1, 0.15) is 119 Å². The number of halogens is 2. The zero-order chi connectivity index (χ0) is 31.8. The SMILES string of the molecule is CC(C)(O)[C@@H]1CC[C@@](C)([C@H]2[C@@H](O)C[C@@]3(C)[C@@H]4C[C@H](OC(=O)CCC(=O)O)[C@H]5C(C)(C)C(F)(F)CC[C@@]56C[C@@]46CC[C@]23C)O1. The fourth-order valence-electron chi connectivity index (χ4n) is 12.6. The van der Waals surface area contributed by atoms with Gasteiger partial charge >= 0.3 is 11.9 Å². The van der Waals surface area contributed by atoms with Crippen molar-refractivity contribution in [2.45, 2.75) is 155 Å². The number of hydrogen-bond donors (Lipinski definition) is 3. The van der Waals surface area contributed by atoms with Crippen LogP contribution >= 0.6 is 0 Å². The molecule has 0 radical (unpaired) electrons. The van der Waals surface area contributed by atoms with Gasteiger partial charge in [0.1, 0.15) is 6.10 Å². The van der Waals surface area contributed by atoms with E-state index in [4.69, 9.17) is 14.6 Å². The van der Waals surface area contributed by atoms with Gasteiger partial charge in [-0.1, -0.05) is 27.7 Å². The molecular weight excluding hydrogens is 558 g/mol. The molecule has 6 rings (SSSR count). The van der Waals surface area contributed by atoms with Gasteiger partial charge < -0.3 is 24.8 Å². The zero-order valence-electron chi connectivity index (χ0n) is 27.0. The predicted octanol–water partition coefficient (Wildman–Crippen LogP) is 6.13. The van der Waals surface area contributed by atoms with Crippen LogP contribution < -0.4 is 0 Å². The molecule has 43 heavy (non-hydrogen) atoms. The molecule has 5 saturated carbocycles. The first-order valence-corrected chi connectivity index (χ1v) is 16.5. The minimum absolute atomic E-state index is 0.0597. The summed E-state index contributed by atoms with van der Waals surface area (Å²) < 4.78 is 44.0. The number of carbonyl (C=O) groups excluding carboxylic acids is 1. The zero-order valence-corrected chi connectivity index (χ0v) is 27.0. The van der Waals surface area contributed by atoms with Crippen molar-refractivity contribution in [2.24, 2.45) is 44.8 Å². The lowest BCUT2D eigenvalue weighted by molar-refractivity contribution is -0.252. The second kappa shape index (κ2) is 9.15. The molecule has 9 heteroatoms. The van der Waals surface area contributed by atoms with E-state index in [0.29, 0.717) is 25.7 Å². The first kappa shape index (κ1) is 31.7. The average Bonchev–Trinajstić information content (AvgIpc) is 3.24.